The SMILES string of the molecule is COc1ccc([C@H](CNC(=O)Cc2c(C)nc3nc(SC)nn3c2C)N2CCCC2)cc1. The van der Waals surface area contributed by atoms with Crippen LogP contribution in [0.1, 0.15) is 41.4 Å². The molecule has 1 saturated heterocycles. The third-order valence-electron chi connectivity index (χ3n) is 6.12. The van der Waals surface area contributed by atoms with Gasteiger partial charge < -0.3 is 10.1 Å². The smallest absolute Gasteiger partial charge is 0.253 e. The van der Waals surface area contributed by atoms with E-state index >= 15 is 0 Å². The van der Waals surface area contributed by atoms with Crippen LogP contribution in [-0.2, 0) is 11.2 Å². The maximum atomic E-state index is 12.9. The Hall–Kier alpha value is -2.65. The van der Waals surface area contributed by atoms with Gasteiger partial charge in [-0.2, -0.15) is 4.98 Å². The standard InChI is InChI=1S/C23H30N6O2S/c1-15-19(16(2)29-22(25-15)26-23(27-29)32-4)13-21(30)24-14-20(28-11-5-6-12-28)17-7-9-18(31-3)10-8-17/h7-10,20H,5-6,11-14H2,1-4H3,(H,24,30)/t20-/m0/s1. The van der Waals surface area contributed by atoms with E-state index in [2.05, 4.69) is 37.4 Å². The van der Waals surface area contributed by atoms with Gasteiger partial charge in [-0.1, -0.05) is 23.9 Å². The molecule has 0 spiro atoms. The van der Waals surface area contributed by atoms with Gasteiger partial charge in [0.15, 0.2) is 0 Å². The molecule has 1 atom stereocenters. The van der Waals surface area contributed by atoms with Crippen LogP contribution in [-0.4, -0.2) is 63.4 Å². The van der Waals surface area contributed by atoms with Crippen molar-refractivity contribution < 1.29 is 9.53 Å². The van der Waals surface area contributed by atoms with Crippen molar-refractivity contribution in [3.05, 3.63) is 46.8 Å². The summed E-state index contributed by atoms with van der Waals surface area (Å²) in [6, 6.07) is 8.29. The number of nitrogens with one attached hydrogen (secondary N) is 1. The summed E-state index contributed by atoms with van der Waals surface area (Å²) in [6.45, 7) is 6.56. The molecule has 1 fully saturated rings. The lowest BCUT2D eigenvalue weighted by atomic mass is 10.0. The van der Waals surface area contributed by atoms with Crippen LogP contribution in [0.3, 0.4) is 0 Å². The molecule has 8 nitrogen and oxygen atoms in total. The number of hydrogen-bond acceptors (Lipinski definition) is 7. The van der Waals surface area contributed by atoms with Gasteiger partial charge in [-0.05, 0) is 63.7 Å². The van der Waals surface area contributed by atoms with Gasteiger partial charge >= 0.3 is 0 Å². The number of amides is 1. The van der Waals surface area contributed by atoms with Crippen LogP contribution in [0.5, 0.6) is 5.75 Å². The molecule has 0 saturated carbocycles. The van der Waals surface area contributed by atoms with Crippen molar-refractivity contribution in [1.29, 1.82) is 0 Å². The molecule has 32 heavy (non-hydrogen) atoms. The van der Waals surface area contributed by atoms with E-state index in [1.807, 2.05) is 32.2 Å². The minimum atomic E-state index is -0.0136. The van der Waals surface area contributed by atoms with E-state index in [0.29, 0.717) is 17.5 Å². The number of aryl methyl sites for hydroxylation is 2. The summed E-state index contributed by atoms with van der Waals surface area (Å²) >= 11 is 1.48. The molecule has 170 valence electrons. The first-order valence-corrected chi connectivity index (χ1v) is 12.1. The fourth-order valence-corrected chi connectivity index (χ4v) is 4.64. The second-order valence-corrected chi connectivity index (χ2v) is 8.86. The van der Waals surface area contributed by atoms with Crippen molar-refractivity contribution in [3.63, 3.8) is 0 Å². The van der Waals surface area contributed by atoms with Gasteiger partial charge in [-0.15, -0.1) is 5.10 Å². The topological polar surface area (TPSA) is 84.6 Å². The zero-order valence-electron chi connectivity index (χ0n) is 19.1. The van der Waals surface area contributed by atoms with Crippen LogP contribution in [0.2, 0.25) is 0 Å². The van der Waals surface area contributed by atoms with Gasteiger partial charge in [-0.3, -0.25) is 9.69 Å². The molecule has 0 unspecified atom stereocenters. The molecule has 1 aliphatic rings. The molecular formula is C23H30N6O2S. The van der Waals surface area contributed by atoms with Crippen molar-refractivity contribution in [2.24, 2.45) is 0 Å². The number of aromatic nitrogens is 4. The number of nitrogens with zero attached hydrogens (tertiary/aromatic N) is 5. The number of carbonyl (C=O) groups excluding carboxylic acids is 1. The summed E-state index contributed by atoms with van der Waals surface area (Å²) in [5, 5.41) is 8.32. The van der Waals surface area contributed by atoms with Gasteiger partial charge in [0.2, 0.25) is 11.1 Å². The number of benzene rings is 1. The molecule has 3 aromatic rings. The van der Waals surface area contributed by atoms with E-state index < -0.39 is 0 Å². The first-order chi connectivity index (χ1) is 15.5. The number of fused-ring (bicyclic) bond motifs is 1. The van der Waals surface area contributed by atoms with E-state index in [1.54, 1.807) is 11.6 Å². The monoisotopic (exact) mass is 454 g/mol. The lowest BCUT2D eigenvalue weighted by molar-refractivity contribution is -0.120. The number of ether oxygens (including phenoxy) is 1. The van der Waals surface area contributed by atoms with Gasteiger partial charge in [0.25, 0.3) is 5.78 Å². The van der Waals surface area contributed by atoms with Crippen LogP contribution >= 0.6 is 11.8 Å². The number of hydrogen-bond donors (Lipinski definition) is 1. The van der Waals surface area contributed by atoms with Crippen molar-refractivity contribution in [3.8, 4) is 5.75 Å². The Morgan fingerprint density at radius 3 is 2.56 bits per heavy atom. The molecule has 1 amide bonds. The molecule has 0 aliphatic carbocycles. The zero-order chi connectivity index (χ0) is 22.7. The predicted molar refractivity (Wildman–Crippen MR) is 125 cm³/mol. The Bertz CT molecular complexity index is 1090. The van der Waals surface area contributed by atoms with Crippen LogP contribution in [0.25, 0.3) is 5.78 Å². The van der Waals surface area contributed by atoms with Gasteiger partial charge in [0, 0.05) is 23.5 Å². The summed E-state index contributed by atoms with van der Waals surface area (Å²) in [5.74, 6) is 1.40. The highest BCUT2D eigenvalue weighted by atomic mass is 32.2. The number of thioether (sulfide) groups is 1. The minimum Gasteiger partial charge on any atom is -0.497 e. The Morgan fingerprint density at radius 2 is 1.91 bits per heavy atom. The first kappa shape index (κ1) is 22.5. The van der Waals surface area contributed by atoms with Crippen molar-refractivity contribution >= 4 is 23.4 Å². The summed E-state index contributed by atoms with van der Waals surface area (Å²) in [6.07, 6.45) is 4.59. The second kappa shape index (κ2) is 9.87. The Kier molecular flexibility index (Phi) is 6.95. The third kappa shape index (κ3) is 4.73. The highest BCUT2D eigenvalue weighted by Gasteiger charge is 2.24. The van der Waals surface area contributed by atoms with Crippen molar-refractivity contribution in [2.45, 2.75) is 44.3 Å². The molecule has 1 aromatic carbocycles. The number of carbonyl (C=O) groups is 1. The summed E-state index contributed by atoms with van der Waals surface area (Å²) < 4.78 is 7.03. The zero-order valence-corrected chi connectivity index (χ0v) is 19.9. The molecule has 2 aromatic heterocycles. The highest BCUT2D eigenvalue weighted by molar-refractivity contribution is 7.98. The Labute approximate surface area is 192 Å². The average Bonchev–Trinajstić information content (AvgIpc) is 3.47. The maximum absolute atomic E-state index is 12.9. The highest BCUT2D eigenvalue weighted by Crippen LogP contribution is 2.26. The molecule has 1 N–H and O–H groups in total. The fourth-order valence-electron chi connectivity index (χ4n) is 4.30. The van der Waals surface area contributed by atoms with Gasteiger partial charge in [0.1, 0.15) is 5.75 Å². The molecule has 0 radical (unpaired) electrons. The Balaban J connectivity index is 1.48. The number of methoxy groups -OCH3 is 1. The lowest BCUT2D eigenvalue weighted by Gasteiger charge is -2.28. The van der Waals surface area contributed by atoms with Crippen LogP contribution in [0.15, 0.2) is 29.4 Å². The normalized spacial score (nSPS) is 15.2. The van der Waals surface area contributed by atoms with Crippen LogP contribution in [0, 0.1) is 13.8 Å². The largest absolute Gasteiger partial charge is 0.497 e. The van der Waals surface area contributed by atoms with Gasteiger partial charge in [-0.25, -0.2) is 9.50 Å². The Morgan fingerprint density at radius 1 is 1.19 bits per heavy atom. The van der Waals surface area contributed by atoms with E-state index in [0.717, 1.165) is 35.8 Å². The quantitative estimate of drug-likeness (QED) is 0.524. The average molecular weight is 455 g/mol. The molecule has 0 bridgehead atoms. The van der Waals surface area contributed by atoms with E-state index in [9.17, 15) is 4.79 Å². The summed E-state index contributed by atoms with van der Waals surface area (Å²) in [4.78, 5) is 24.4. The molecule has 1 aliphatic heterocycles. The molecule has 3 heterocycles. The third-order valence-corrected chi connectivity index (χ3v) is 6.66. The fraction of sp³-hybridized carbons (Fsp3) is 0.478. The van der Waals surface area contributed by atoms with E-state index in [-0.39, 0.29) is 18.4 Å². The molecule has 4 rings (SSSR count). The van der Waals surface area contributed by atoms with Crippen LogP contribution in [0.4, 0.5) is 0 Å². The van der Waals surface area contributed by atoms with Gasteiger partial charge in [0.05, 0.1) is 19.6 Å². The van der Waals surface area contributed by atoms with Crippen LogP contribution < -0.4 is 10.1 Å². The van der Waals surface area contributed by atoms with E-state index in [4.69, 9.17) is 4.74 Å². The summed E-state index contributed by atoms with van der Waals surface area (Å²) in [5.41, 5.74) is 3.81. The van der Waals surface area contributed by atoms with Crippen molar-refractivity contribution in [2.75, 3.05) is 33.0 Å². The second-order valence-electron chi connectivity index (χ2n) is 8.08. The maximum Gasteiger partial charge on any atom is 0.253 e. The minimum absolute atomic E-state index is 0.0136. The summed E-state index contributed by atoms with van der Waals surface area (Å²) in [7, 11) is 1.67. The van der Waals surface area contributed by atoms with Crippen molar-refractivity contribution in [1.82, 2.24) is 29.8 Å². The molecular weight excluding hydrogens is 424 g/mol. The van der Waals surface area contributed by atoms with E-state index in [1.165, 1.54) is 30.2 Å². The predicted octanol–water partition coefficient (Wildman–Crippen LogP) is 2.97. The number of likely N-dealkylation sites (tertiary alicyclic amines) is 1. The first-order valence-electron chi connectivity index (χ1n) is 10.9. The lowest BCUT2D eigenvalue weighted by Crippen LogP contribution is -2.37. The molecule has 9 heteroatoms. The number of rotatable bonds is 8.